The zero-order valence-electron chi connectivity index (χ0n) is 10.3. The highest BCUT2D eigenvalue weighted by molar-refractivity contribution is 7.99. The van der Waals surface area contributed by atoms with Gasteiger partial charge in [-0.1, -0.05) is 29.5 Å². The van der Waals surface area contributed by atoms with Crippen molar-refractivity contribution in [3.63, 3.8) is 0 Å². The van der Waals surface area contributed by atoms with Crippen LogP contribution in [0.25, 0.3) is 0 Å². The van der Waals surface area contributed by atoms with Crippen molar-refractivity contribution in [1.29, 1.82) is 0 Å². The summed E-state index contributed by atoms with van der Waals surface area (Å²) in [6, 6.07) is 8.04. The van der Waals surface area contributed by atoms with E-state index in [0.29, 0.717) is 5.82 Å². The number of hydrazine groups is 1. The van der Waals surface area contributed by atoms with Gasteiger partial charge >= 0.3 is 0 Å². The fourth-order valence-electron chi connectivity index (χ4n) is 1.60. The molecule has 2 aromatic rings. The Morgan fingerprint density at radius 1 is 1.17 bits per heavy atom. The van der Waals surface area contributed by atoms with Gasteiger partial charge in [0.1, 0.15) is 10.8 Å². The monoisotopic (exact) mass is 261 g/mol. The van der Waals surface area contributed by atoms with Crippen LogP contribution in [0.5, 0.6) is 0 Å². The number of nitrogens with zero attached hydrogens (tertiary/aromatic N) is 2. The molecule has 1 aromatic heterocycles. The molecular weight excluding hydrogens is 246 g/mol. The van der Waals surface area contributed by atoms with Crippen molar-refractivity contribution >= 4 is 23.5 Å². The quantitative estimate of drug-likeness (QED) is 0.445. The molecule has 6 heteroatoms. The van der Waals surface area contributed by atoms with E-state index in [1.165, 1.54) is 22.9 Å². The summed E-state index contributed by atoms with van der Waals surface area (Å²) in [7, 11) is 0. The second-order valence-electron chi connectivity index (χ2n) is 3.96. The number of nitrogen functional groups attached to an aromatic ring is 2. The molecule has 5 nitrogen and oxygen atoms in total. The van der Waals surface area contributed by atoms with E-state index in [1.807, 2.05) is 0 Å². The molecule has 1 aromatic carbocycles. The van der Waals surface area contributed by atoms with Crippen LogP contribution in [0.3, 0.4) is 0 Å². The van der Waals surface area contributed by atoms with E-state index >= 15 is 0 Å². The van der Waals surface area contributed by atoms with Crippen LogP contribution in [-0.4, -0.2) is 9.97 Å². The van der Waals surface area contributed by atoms with Crippen molar-refractivity contribution in [2.45, 2.75) is 23.8 Å². The fourth-order valence-corrected chi connectivity index (χ4v) is 2.49. The molecule has 0 aliphatic rings. The summed E-state index contributed by atoms with van der Waals surface area (Å²) >= 11 is 1.54. The molecule has 0 radical (unpaired) electrons. The van der Waals surface area contributed by atoms with Gasteiger partial charge in [-0.3, -0.25) is 0 Å². The van der Waals surface area contributed by atoms with E-state index in [9.17, 15) is 0 Å². The number of benzene rings is 1. The van der Waals surface area contributed by atoms with Gasteiger partial charge in [0, 0.05) is 11.0 Å². The van der Waals surface area contributed by atoms with Crippen molar-refractivity contribution in [3.8, 4) is 0 Å². The van der Waals surface area contributed by atoms with Crippen LogP contribution in [0.15, 0.2) is 34.2 Å². The fraction of sp³-hybridized carbons (Fsp3) is 0.167. The van der Waals surface area contributed by atoms with Crippen LogP contribution in [-0.2, 0) is 0 Å². The lowest BCUT2D eigenvalue weighted by atomic mass is 10.2. The van der Waals surface area contributed by atoms with E-state index in [2.05, 4.69) is 47.4 Å². The van der Waals surface area contributed by atoms with Crippen molar-refractivity contribution in [1.82, 2.24) is 9.97 Å². The van der Waals surface area contributed by atoms with Gasteiger partial charge in [0.15, 0.2) is 0 Å². The van der Waals surface area contributed by atoms with Gasteiger partial charge in [-0.25, -0.2) is 10.8 Å². The van der Waals surface area contributed by atoms with Crippen molar-refractivity contribution in [3.05, 3.63) is 35.4 Å². The topological polar surface area (TPSA) is 89.8 Å². The smallest absolute Gasteiger partial charge is 0.223 e. The van der Waals surface area contributed by atoms with Gasteiger partial charge < -0.3 is 11.2 Å². The Hall–Kier alpha value is -1.79. The van der Waals surface area contributed by atoms with Crippen molar-refractivity contribution < 1.29 is 0 Å². The Kier molecular flexibility index (Phi) is 3.69. The molecule has 0 atom stereocenters. The number of aromatic nitrogens is 2. The summed E-state index contributed by atoms with van der Waals surface area (Å²) in [5.41, 5.74) is 10.5. The number of rotatable bonds is 3. The van der Waals surface area contributed by atoms with Crippen LogP contribution < -0.4 is 17.0 Å². The van der Waals surface area contributed by atoms with Crippen molar-refractivity contribution in [2.24, 2.45) is 5.84 Å². The maximum Gasteiger partial charge on any atom is 0.223 e. The minimum absolute atomic E-state index is 0.206. The normalized spacial score (nSPS) is 10.4. The summed E-state index contributed by atoms with van der Waals surface area (Å²) in [6.07, 6.45) is 0. The highest BCUT2D eigenvalue weighted by Crippen LogP contribution is 2.30. The highest BCUT2D eigenvalue weighted by Gasteiger charge is 2.06. The summed E-state index contributed by atoms with van der Waals surface area (Å²) < 4.78 is 0. The number of nitrogens with one attached hydrogen (secondary N) is 1. The second kappa shape index (κ2) is 5.24. The lowest BCUT2D eigenvalue weighted by Crippen LogP contribution is -2.10. The third-order valence-corrected chi connectivity index (χ3v) is 3.51. The minimum Gasteiger partial charge on any atom is -0.368 e. The number of anilines is 2. The Morgan fingerprint density at radius 3 is 2.61 bits per heavy atom. The molecule has 94 valence electrons. The average Bonchev–Trinajstić information content (AvgIpc) is 2.32. The number of aryl methyl sites for hydroxylation is 2. The maximum atomic E-state index is 5.62. The van der Waals surface area contributed by atoms with E-state index in [0.717, 1.165) is 9.92 Å². The molecule has 0 spiro atoms. The lowest BCUT2D eigenvalue weighted by Gasteiger charge is -2.07. The van der Waals surface area contributed by atoms with Crippen LogP contribution >= 0.6 is 11.8 Å². The first-order valence-electron chi connectivity index (χ1n) is 5.45. The Balaban J connectivity index is 2.30. The molecule has 2 rings (SSSR count). The number of hydrogen-bond acceptors (Lipinski definition) is 6. The Morgan fingerprint density at radius 2 is 1.94 bits per heavy atom. The summed E-state index contributed by atoms with van der Waals surface area (Å²) in [5, 5.41) is 0.766. The first-order valence-corrected chi connectivity index (χ1v) is 6.26. The zero-order valence-corrected chi connectivity index (χ0v) is 11.1. The standard InChI is InChI=1S/C12H15N5S/c1-7-3-4-9(8(2)5-7)18-11-6-10(17-14)15-12(13)16-11/h3-6H,14H2,1-2H3,(H3,13,15,16,17). The molecule has 0 saturated heterocycles. The summed E-state index contributed by atoms with van der Waals surface area (Å²) in [5.74, 6) is 6.04. The minimum atomic E-state index is 0.206. The maximum absolute atomic E-state index is 5.62. The zero-order chi connectivity index (χ0) is 13.1. The molecule has 0 aliphatic heterocycles. The number of hydrogen-bond donors (Lipinski definition) is 3. The molecule has 18 heavy (non-hydrogen) atoms. The van der Waals surface area contributed by atoms with Gasteiger partial charge in [0.05, 0.1) is 0 Å². The predicted octanol–water partition coefficient (Wildman–Crippen LogP) is 2.11. The SMILES string of the molecule is Cc1ccc(Sc2cc(NN)nc(N)n2)c(C)c1. The van der Waals surface area contributed by atoms with E-state index in [1.54, 1.807) is 6.07 Å². The average molecular weight is 261 g/mol. The lowest BCUT2D eigenvalue weighted by molar-refractivity contribution is 1.05. The number of nitrogens with two attached hydrogens (primary N) is 2. The van der Waals surface area contributed by atoms with Gasteiger partial charge in [-0.05, 0) is 25.5 Å². The molecule has 0 unspecified atom stereocenters. The van der Waals surface area contributed by atoms with Crippen molar-refractivity contribution in [2.75, 3.05) is 11.2 Å². The molecule has 0 amide bonds. The van der Waals surface area contributed by atoms with Gasteiger partial charge in [0.25, 0.3) is 0 Å². The molecule has 0 aliphatic carbocycles. The predicted molar refractivity (Wildman–Crippen MR) is 74.3 cm³/mol. The third-order valence-electron chi connectivity index (χ3n) is 2.41. The molecule has 0 fully saturated rings. The largest absolute Gasteiger partial charge is 0.368 e. The molecular formula is C12H15N5S. The third kappa shape index (κ3) is 2.91. The second-order valence-corrected chi connectivity index (χ2v) is 5.03. The summed E-state index contributed by atoms with van der Waals surface area (Å²) in [4.78, 5) is 9.26. The molecule has 1 heterocycles. The van der Waals surface area contributed by atoms with Crippen LogP contribution in [0.1, 0.15) is 11.1 Å². The van der Waals surface area contributed by atoms with Gasteiger partial charge in [-0.15, -0.1) is 0 Å². The molecule has 0 bridgehead atoms. The Labute approximate surface area is 110 Å². The van der Waals surface area contributed by atoms with Gasteiger partial charge in [0.2, 0.25) is 5.95 Å². The Bertz CT molecular complexity index is 570. The first-order chi connectivity index (χ1) is 8.58. The van der Waals surface area contributed by atoms with E-state index in [-0.39, 0.29) is 5.95 Å². The van der Waals surface area contributed by atoms with Crippen LogP contribution in [0.4, 0.5) is 11.8 Å². The van der Waals surface area contributed by atoms with Crippen LogP contribution in [0, 0.1) is 13.8 Å². The van der Waals surface area contributed by atoms with Gasteiger partial charge in [-0.2, -0.15) is 4.98 Å². The van der Waals surface area contributed by atoms with E-state index in [4.69, 9.17) is 11.6 Å². The molecule has 0 saturated carbocycles. The summed E-state index contributed by atoms with van der Waals surface area (Å²) in [6.45, 7) is 4.14. The first kappa shape index (κ1) is 12.7. The molecule has 5 N–H and O–H groups in total. The highest BCUT2D eigenvalue weighted by atomic mass is 32.2. The van der Waals surface area contributed by atoms with Crippen LogP contribution in [0.2, 0.25) is 0 Å². The van der Waals surface area contributed by atoms with E-state index < -0.39 is 0 Å².